The molecule has 1 aromatic carbocycles. The summed E-state index contributed by atoms with van der Waals surface area (Å²) in [6, 6.07) is 10.9. The van der Waals surface area contributed by atoms with Crippen LogP contribution in [0.2, 0.25) is 0 Å². The predicted molar refractivity (Wildman–Crippen MR) is 132 cm³/mol. The maximum absolute atomic E-state index is 13.2. The zero-order valence-corrected chi connectivity index (χ0v) is 20.0. The van der Waals surface area contributed by atoms with Gasteiger partial charge in [0.25, 0.3) is 5.91 Å². The second-order valence-corrected chi connectivity index (χ2v) is 9.91. The summed E-state index contributed by atoms with van der Waals surface area (Å²) in [5.74, 6) is 0.156. The minimum atomic E-state index is -0.686. The van der Waals surface area contributed by atoms with Crippen molar-refractivity contribution in [3.63, 3.8) is 0 Å². The fourth-order valence-electron chi connectivity index (χ4n) is 4.29. The SMILES string of the molecule is CC(C)CN1CCO[C@H](CNC(=O)[C@@H](Cc2c[nH]c3ccccc23)NC(=O)c2cccs2)C1. The van der Waals surface area contributed by atoms with E-state index in [-0.39, 0.29) is 17.9 Å². The van der Waals surface area contributed by atoms with Crippen molar-refractivity contribution in [2.24, 2.45) is 5.92 Å². The van der Waals surface area contributed by atoms with Gasteiger partial charge in [-0.3, -0.25) is 14.5 Å². The lowest BCUT2D eigenvalue weighted by atomic mass is 10.0. The molecule has 3 N–H and O–H groups in total. The summed E-state index contributed by atoms with van der Waals surface area (Å²) in [6.45, 7) is 8.24. The van der Waals surface area contributed by atoms with Crippen molar-refractivity contribution in [3.05, 3.63) is 58.4 Å². The highest BCUT2D eigenvalue weighted by Crippen LogP contribution is 2.20. The Kier molecular flexibility index (Phi) is 7.80. The summed E-state index contributed by atoms with van der Waals surface area (Å²) in [5, 5.41) is 8.87. The number of amides is 2. The molecule has 1 fully saturated rings. The van der Waals surface area contributed by atoms with Crippen LogP contribution in [0.3, 0.4) is 0 Å². The third-order valence-corrected chi connectivity index (χ3v) is 6.68. The average molecular weight is 469 g/mol. The number of fused-ring (bicyclic) bond motifs is 1. The van der Waals surface area contributed by atoms with Crippen LogP contribution >= 0.6 is 11.3 Å². The second-order valence-electron chi connectivity index (χ2n) is 8.96. The standard InChI is InChI=1S/C25H32N4O3S/c1-17(2)15-29-9-10-32-19(16-29)14-27-24(30)22(28-25(31)23-8-5-11-33-23)12-18-13-26-21-7-4-3-6-20(18)21/h3-8,11,13,17,19,22,26H,9-10,12,14-16H2,1-2H3,(H,27,30)(H,28,31)/t19-,22-/m1/s1. The van der Waals surface area contributed by atoms with Crippen LogP contribution in [0.25, 0.3) is 10.9 Å². The second kappa shape index (κ2) is 11.0. The molecule has 1 saturated heterocycles. The molecule has 0 spiro atoms. The van der Waals surface area contributed by atoms with E-state index in [2.05, 4.69) is 34.4 Å². The first-order chi connectivity index (χ1) is 16.0. The Morgan fingerprint density at radius 2 is 2.09 bits per heavy atom. The van der Waals surface area contributed by atoms with Crippen molar-refractivity contribution in [3.8, 4) is 0 Å². The molecule has 4 rings (SSSR count). The van der Waals surface area contributed by atoms with Gasteiger partial charge in [-0.1, -0.05) is 38.1 Å². The van der Waals surface area contributed by atoms with E-state index in [1.807, 2.05) is 41.9 Å². The highest BCUT2D eigenvalue weighted by molar-refractivity contribution is 7.12. The molecule has 176 valence electrons. The highest BCUT2D eigenvalue weighted by Gasteiger charge is 2.26. The Bertz CT molecular complexity index is 1060. The molecule has 8 heteroatoms. The molecule has 1 aliphatic heterocycles. The monoisotopic (exact) mass is 468 g/mol. The van der Waals surface area contributed by atoms with Crippen molar-refractivity contribution in [2.75, 3.05) is 32.8 Å². The van der Waals surface area contributed by atoms with Crippen LogP contribution in [0.15, 0.2) is 48.0 Å². The van der Waals surface area contributed by atoms with Crippen LogP contribution in [-0.4, -0.2) is 66.6 Å². The van der Waals surface area contributed by atoms with Gasteiger partial charge in [0.1, 0.15) is 6.04 Å². The highest BCUT2D eigenvalue weighted by atomic mass is 32.1. The van der Waals surface area contributed by atoms with Crippen LogP contribution in [0, 0.1) is 5.92 Å². The molecule has 0 unspecified atom stereocenters. The third kappa shape index (κ3) is 6.22. The number of carbonyl (C=O) groups excluding carboxylic acids is 2. The molecule has 2 amide bonds. The van der Waals surface area contributed by atoms with Gasteiger partial charge in [0.05, 0.1) is 17.6 Å². The summed E-state index contributed by atoms with van der Waals surface area (Å²) in [7, 11) is 0. The number of morpholine rings is 1. The molecule has 2 atom stereocenters. The van der Waals surface area contributed by atoms with E-state index >= 15 is 0 Å². The molecule has 0 radical (unpaired) electrons. The molecule has 0 aliphatic carbocycles. The van der Waals surface area contributed by atoms with Gasteiger partial charge < -0.3 is 20.4 Å². The van der Waals surface area contributed by atoms with E-state index in [4.69, 9.17) is 4.74 Å². The Morgan fingerprint density at radius 3 is 2.88 bits per heavy atom. The first-order valence-electron chi connectivity index (χ1n) is 11.5. The van der Waals surface area contributed by atoms with Crippen LogP contribution in [0.5, 0.6) is 0 Å². The van der Waals surface area contributed by atoms with Crippen molar-refractivity contribution in [1.29, 1.82) is 0 Å². The van der Waals surface area contributed by atoms with Gasteiger partial charge in [0.15, 0.2) is 0 Å². The minimum Gasteiger partial charge on any atom is -0.374 e. The third-order valence-electron chi connectivity index (χ3n) is 5.82. The number of aromatic amines is 1. The lowest BCUT2D eigenvalue weighted by Gasteiger charge is -2.34. The van der Waals surface area contributed by atoms with Gasteiger partial charge in [0, 0.05) is 49.7 Å². The molecular weight excluding hydrogens is 436 g/mol. The van der Waals surface area contributed by atoms with E-state index in [0.29, 0.717) is 30.4 Å². The summed E-state index contributed by atoms with van der Waals surface area (Å²) in [5.41, 5.74) is 2.01. The van der Waals surface area contributed by atoms with Gasteiger partial charge in [0.2, 0.25) is 5.91 Å². The van der Waals surface area contributed by atoms with Gasteiger partial charge in [-0.25, -0.2) is 0 Å². The Morgan fingerprint density at radius 1 is 1.24 bits per heavy atom. The predicted octanol–water partition coefficient (Wildman–Crippen LogP) is 3.04. The molecule has 2 aromatic heterocycles. The molecule has 1 aliphatic rings. The van der Waals surface area contributed by atoms with Gasteiger partial charge in [-0.2, -0.15) is 0 Å². The number of carbonyl (C=O) groups is 2. The maximum atomic E-state index is 13.2. The first kappa shape index (κ1) is 23.5. The number of nitrogens with one attached hydrogen (secondary N) is 3. The number of H-pyrrole nitrogens is 1. The average Bonchev–Trinajstić information content (AvgIpc) is 3.47. The molecule has 7 nitrogen and oxygen atoms in total. The Hall–Kier alpha value is -2.68. The Labute approximate surface area is 198 Å². The lowest BCUT2D eigenvalue weighted by Crippen LogP contribution is -2.52. The van der Waals surface area contributed by atoms with E-state index in [1.165, 1.54) is 11.3 Å². The summed E-state index contributed by atoms with van der Waals surface area (Å²) in [6.07, 6.45) is 2.26. The Balaban J connectivity index is 1.43. The zero-order chi connectivity index (χ0) is 23.2. The normalized spacial score (nSPS) is 17.8. The summed E-state index contributed by atoms with van der Waals surface area (Å²) >= 11 is 1.36. The largest absolute Gasteiger partial charge is 0.374 e. The topological polar surface area (TPSA) is 86.5 Å². The van der Waals surface area contributed by atoms with Crippen LogP contribution in [0.1, 0.15) is 29.1 Å². The number of hydrogen-bond donors (Lipinski definition) is 3. The van der Waals surface area contributed by atoms with Crippen LogP contribution < -0.4 is 10.6 Å². The van der Waals surface area contributed by atoms with Crippen molar-refractivity contribution >= 4 is 34.1 Å². The molecule has 3 heterocycles. The molecule has 33 heavy (non-hydrogen) atoms. The molecule has 3 aromatic rings. The zero-order valence-electron chi connectivity index (χ0n) is 19.2. The fourth-order valence-corrected chi connectivity index (χ4v) is 4.92. The lowest BCUT2D eigenvalue weighted by molar-refractivity contribution is -0.124. The van der Waals surface area contributed by atoms with Crippen LogP contribution in [0.4, 0.5) is 0 Å². The van der Waals surface area contributed by atoms with E-state index in [9.17, 15) is 9.59 Å². The van der Waals surface area contributed by atoms with E-state index in [0.717, 1.165) is 36.1 Å². The van der Waals surface area contributed by atoms with Crippen molar-refractivity contribution in [1.82, 2.24) is 20.5 Å². The number of rotatable bonds is 9. The van der Waals surface area contributed by atoms with Crippen LogP contribution in [-0.2, 0) is 16.0 Å². The first-order valence-corrected chi connectivity index (χ1v) is 12.4. The van der Waals surface area contributed by atoms with E-state index in [1.54, 1.807) is 6.07 Å². The number of para-hydroxylation sites is 1. The number of aromatic nitrogens is 1. The summed E-state index contributed by atoms with van der Waals surface area (Å²) < 4.78 is 5.88. The smallest absolute Gasteiger partial charge is 0.262 e. The van der Waals surface area contributed by atoms with Gasteiger partial charge in [-0.15, -0.1) is 11.3 Å². The quantitative estimate of drug-likeness (QED) is 0.451. The number of ether oxygens (including phenoxy) is 1. The van der Waals surface area contributed by atoms with Crippen molar-refractivity contribution in [2.45, 2.75) is 32.4 Å². The maximum Gasteiger partial charge on any atom is 0.262 e. The molecule has 0 saturated carbocycles. The minimum absolute atomic E-state index is 0.0526. The number of thiophene rings is 1. The fraction of sp³-hybridized carbons (Fsp3) is 0.440. The number of hydrogen-bond acceptors (Lipinski definition) is 5. The number of nitrogens with zero attached hydrogens (tertiary/aromatic N) is 1. The molecular formula is C25H32N4O3S. The van der Waals surface area contributed by atoms with E-state index < -0.39 is 6.04 Å². The van der Waals surface area contributed by atoms with Crippen molar-refractivity contribution < 1.29 is 14.3 Å². The van der Waals surface area contributed by atoms with Gasteiger partial charge >= 0.3 is 0 Å². The summed E-state index contributed by atoms with van der Waals surface area (Å²) in [4.78, 5) is 32.2. The molecule has 0 bridgehead atoms. The number of benzene rings is 1. The van der Waals surface area contributed by atoms with Gasteiger partial charge in [-0.05, 0) is 29.0 Å².